The van der Waals surface area contributed by atoms with Crippen molar-refractivity contribution in [2.45, 2.75) is 95.2 Å². The third kappa shape index (κ3) is 14.4. The first-order chi connectivity index (χ1) is 38.0. The summed E-state index contributed by atoms with van der Waals surface area (Å²) < 4.78 is 40.7. The van der Waals surface area contributed by atoms with Crippen molar-refractivity contribution in [2.75, 3.05) is 96.0 Å². The van der Waals surface area contributed by atoms with E-state index in [2.05, 4.69) is 55.5 Å². The molecule has 0 spiro atoms. The Hall–Kier alpha value is -6.10. The number of ether oxygens (including phenoxy) is 2. The Labute approximate surface area is 485 Å². The smallest absolute Gasteiger partial charge is 0.251 e. The summed E-state index contributed by atoms with van der Waals surface area (Å²) in [6.07, 6.45) is 1.54. The van der Waals surface area contributed by atoms with Crippen LogP contribution in [0.15, 0.2) is 84.9 Å². The van der Waals surface area contributed by atoms with Crippen LogP contribution < -0.4 is 36.8 Å². The highest BCUT2D eigenvalue weighted by molar-refractivity contribution is 6.04. The number of hydrogen-bond acceptors (Lipinski definition) is 12. The lowest BCUT2D eigenvalue weighted by Gasteiger charge is -2.43. The Balaban J connectivity index is 0.00000473. The number of anilines is 2. The Morgan fingerprint density at radius 1 is 0.852 bits per heavy atom. The van der Waals surface area contributed by atoms with Crippen LogP contribution in [0, 0.1) is 17.6 Å². The van der Waals surface area contributed by atoms with Crippen LogP contribution in [0.3, 0.4) is 0 Å². The van der Waals surface area contributed by atoms with Crippen molar-refractivity contribution >= 4 is 71.6 Å². The fourth-order valence-corrected chi connectivity index (χ4v) is 11.6. The minimum Gasteiger partial charge on any atom is -0.381 e. The van der Waals surface area contributed by atoms with E-state index >= 15 is 4.39 Å². The van der Waals surface area contributed by atoms with Gasteiger partial charge in [-0.05, 0) is 124 Å². The summed E-state index contributed by atoms with van der Waals surface area (Å²) in [4.78, 5) is 92.7. The van der Waals surface area contributed by atoms with Crippen molar-refractivity contribution in [3.05, 3.63) is 130 Å². The SMILES string of the molecule is CNC(C)C(=O)NC(C(=O)N1Cc2ccccc2[C@H]1C(=O)Nc1cc(C(=O)NCCNC(=O)C2(C)CN(C(=O)CN3C[C@@H](C)NC[C@@H]3CN3CCOCC3C)c3cc(Cc4ccc(F)cc4)ccc32)ccc1F)C1CCOCC1.Cl.Cl. The summed E-state index contributed by atoms with van der Waals surface area (Å²) in [5, 5.41) is 17.8. The lowest BCUT2D eigenvalue weighted by Crippen LogP contribution is -2.62. The molecular weight excluding hydrogens is 1090 g/mol. The first-order valence-electron chi connectivity index (χ1n) is 27.6. The maximum atomic E-state index is 15.6. The van der Waals surface area contributed by atoms with Crippen molar-refractivity contribution in [2.24, 2.45) is 5.92 Å². The number of nitrogens with zero attached hydrogens (tertiary/aromatic N) is 4. The van der Waals surface area contributed by atoms with Gasteiger partial charge < -0.3 is 51.2 Å². The first-order valence-corrected chi connectivity index (χ1v) is 27.6. The fraction of sp³-hybridized carbons (Fsp3) is 0.492. The predicted octanol–water partition coefficient (Wildman–Crippen LogP) is 4.47. The molecule has 0 radical (unpaired) electrons. The molecule has 5 aliphatic heterocycles. The van der Waals surface area contributed by atoms with Crippen LogP contribution in [-0.2, 0) is 51.8 Å². The molecule has 6 amide bonds. The second kappa shape index (κ2) is 27.8. The molecule has 4 aromatic rings. The van der Waals surface area contributed by atoms with Gasteiger partial charge in [-0.1, -0.05) is 48.5 Å². The normalized spacial score (nSPS) is 22.7. The molecule has 0 saturated carbocycles. The number of benzene rings is 4. The van der Waals surface area contributed by atoms with Crippen molar-refractivity contribution in [1.82, 2.24) is 41.3 Å². The van der Waals surface area contributed by atoms with Crippen molar-refractivity contribution in [3.8, 4) is 0 Å². The number of likely N-dealkylation sites (N-methyl/N-ethyl adjacent to an activating group) is 1. The highest BCUT2D eigenvalue weighted by Gasteiger charge is 2.48. The Kier molecular flexibility index (Phi) is 21.4. The Morgan fingerprint density at radius 2 is 1.58 bits per heavy atom. The van der Waals surface area contributed by atoms with Gasteiger partial charge in [-0.3, -0.25) is 38.6 Å². The maximum absolute atomic E-state index is 15.6. The average molecular weight is 1160 g/mol. The highest BCUT2D eigenvalue weighted by atomic mass is 35.5. The van der Waals surface area contributed by atoms with Gasteiger partial charge in [0.05, 0.1) is 36.9 Å². The molecule has 3 saturated heterocycles. The molecule has 6 N–H and O–H groups in total. The number of hydrogen-bond donors (Lipinski definition) is 6. The molecule has 4 unspecified atom stereocenters. The number of fused-ring (bicyclic) bond motifs is 2. The lowest BCUT2D eigenvalue weighted by molar-refractivity contribution is -0.144. The van der Waals surface area contributed by atoms with Gasteiger partial charge in [-0.15, -0.1) is 24.8 Å². The molecule has 438 valence electrons. The highest BCUT2D eigenvalue weighted by Crippen LogP contribution is 2.42. The van der Waals surface area contributed by atoms with Crippen LogP contribution >= 0.6 is 24.8 Å². The van der Waals surface area contributed by atoms with Crippen LogP contribution in [0.2, 0.25) is 0 Å². The minimum absolute atomic E-state index is 0. The number of nitrogens with one attached hydrogen (secondary N) is 6. The molecule has 22 heteroatoms. The number of morpholine rings is 1. The van der Waals surface area contributed by atoms with E-state index in [0.29, 0.717) is 69.0 Å². The van der Waals surface area contributed by atoms with Gasteiger partial charge in [-0.2, -0.15) is 0 Å². The average Bonchev–Trinajstić information content (AvgIpc) is 4.25. The topological polar surface area (TPSA) is 206 Å². The van der Waals surface area contributed by atoms with E-state index in [9.17, 15) is 33.2 Å². The first kappa shape index (κ1) is 62.5. The number of halogens is 4. The molecule has 0 aromatic heterocycles. The zero-order valence-corrected chi connectivity index (χ0v) is 48.2. The minimum atomic E-state index is -1.18. The largest absolute Gasteiger partial charge is 0.381 e. The van der Waals surface area contributed by atoms with E-state index in [0.717, 1.165) is 42.4 Å². The summed E-state index contributed by atoms with van der Waals surface area (Å²) in [5.41, 5.74) is 2.97. The molecular formula is C59H76Cl2F2N10O8. The quantitative estimate of drug-likeness (QED) is 0.0764. The van der Waals surface area contributed by atoms with Crippen LogP contribution in [0.4, 0.5) is 20.2 Å². The van der Waals surface area contributed by atoms with E-state index in [1.54, 1.807) is 49.2 Å². The second-order valence-corrected chi connectivity index (χ2v) is 22.0. The number of piperazine rings is 1. The lowest BCUT2D eigenvalue weighted by atomic mass is 9.83. The number of rotatable bonds is 18. The van der Waals surface area contributed by atoms with Gasteiger partial charge >= 0.3 is 0 Å². The van der Waals surface area contributed by atoms with Gasteiger partial charge in [0.25, 0.3) is 11.8 Å². The van der Waals surface area contributed by atoms with Gasteiger partial charge in [0.2, 0.25) is 23.6 Å². The molecule has 81 heavy (non-hydrogen) atoms. The summed E-state index contributed by atoms with van der Waals surface area (Å²) in [7, 11) is 1.65. The molecule has 7 atom stereocenters. The van der Waals surface area contributed by atoms with Crippen LogP contribution in [0.25, 0.3) is 0 Å². The number of amides is 6. The monoisotopic (exact) mass is 1160 g/mol. The molecule has 0 aliphatic carbocycles. The van der Waals surface area contributed by atoms with E-state index < -0.39 is 47.1 Å². The molecule has 9 rings (SSSR count). The number of carbonyl (C=O) groups is 6. The van der Waals surface area contributed by atoms with Crippen molar-refractivity contribution < 1.29 is 47.0 Å². The Bertz CT molecular complexity index is 2900. The number of carbonyl (C=O) groups excluding carboxylic acids is 6. The van der Waals surface area contributed by atoms with Crippen LogP contribution in [-0.4, -0.2) is 166 Å². The summed E-state index contributed by atoms with van der Waals surface area (Å²) in [6, 6.07) is 20.5. The second-order valence-electron chi connectivity index (χ2n) is 22.0. The molecule has 3 fully saturated rings. The van der Waals surface area contributed by atoms with E-state index in [-0.39, 0.29) is 116 Å². The van der Waals surface area contributed by atoms with E-state index in [4.69, 9.17) is 9.47 Å². The van der Waals surface area contributed by atoms with Gasteiger partial charge in [-0.25, -0.2) is 8.78 Å². The van der Waals surface area contributed by atoms with Crippen molar-refractivity contribution in [3.63, 3.8) is 0 Å². The van der Waals surface area contributed by atoms with Gasteiger partial charge in [0.15, 0.2) is 0 Å². The summed E-state index contributed by atoms with van der Waals surface area (Å²) in [5.74, 6) is -3.98. The summed E-state index contributed by atoms with van der Waals surface area (Å²) in [6.45, 7) is 13.2. The van der Waals surface area contributed by atoms with Crippen LogP contribution in [0.5, 0.6) is 0 Å². The van der Waals surface area contributed by atoms with E-state index in [1.807, 2.05) is 31.2 Å². The molecule has 0 bridgehead atoms. The molecule has 5 aliphatic rings. The van der Waals surface area contributed by atoms with E-state index in [1.165, 1.54) is 29.2 Å². The van der Waals surface area contributed by atoms with Crippen LogP contribution in [0.1, 0.15) is 84.8 Å². The van der Waals surface area contributed by atoms with Gasteiger partial charge in [0, 0.05) is 94.9 Å². The summed E-state index contributed by atoms with van der Waals surface area (Å²) >= 11 is 0. The zero-order chi connectivity index (χ0) is 56.0. The maximum Gasteiger partial charge on any atom is 0.251 e. The molecule has 5 heterocycles. The predicted molar refractivity (Wildman–Crippen MR) is 309 cm³/mol. The third-order valence-corrected chi connectivity index (χ3v) is 16.4. The van der Waals surface area contributed by atoms with Gasteiger partial charge in [0.1, 0.15) is 23.7 Å². The zero-order valence-electron chi connectivity index (χ0n) is 46.6. The molecule has 4 aromatic carbocycles. The van der Waals surface area contributed by atoms with Crippen molar-refractivity contribution in [1.29, 1.82) is 0 Å². The Morgan fingerprint density at radius 3 is 2.32 bits per heavy atom. The standard InChI is InChI=1S/C59H74F2N10O8.2ClH/c1-36-30-69(45(29-65-36)32-68-22-25-79-34-37(68)2)33-51(72)71-35-59(4,47-16-12-40(27-50(47)71)26-39-10-14-44(60)15-11-39)58(77)64-21-20-63-55(74)42-13-17-48(61)49(28-42)66-56(75)53-46-9-7-6-8-43(46)31-70(53)57(76)52(41-18-23-78-24-19-41)67-54(73)38(3)62-5;;/h6-17,27-28,36-38,41,45,52-53,62,65H,18-26,29-35H2,1-5H3,(H,63,74)(H,64,77)(H,66,75)(H,67,73);2*1H/t36-,37?,38?,45-,52?,53+,59?;;/m1../s1. The molecule has 18 nitrogen and oxygen atoms in total. The third-order valence-electron chi connectivity index (χ3n) is 16.4. The fourth-order valence-electron chi connectivity index (χ4n) is 11.6.